The summed E-state index contributed by atoms with van der Waals surface area (Å²) in [5.41, 5.74) is 2.22. The summed E-state index contributed by atoms with van der Waals surface area (Å²) < 4.78 is 5.12. The van der Waals surface area contributed by atoms with Gasteiger partial charge in [0.2, 0.25) is 5.89 Å². The number of aliphatic hydroxyl groups is 1. The molecule has 0 aliphatic rings. The molecule has 1 heterocycles. The number of carbonyl (C=O) groups excluding carboxylic acids is 1. The third-order valence-electron chi connectivity index (χ3n) is 3.23. The molecule has 0 atom stereocenters. The van der Waals surface area contributed by atoms with E-state index in [1.165, 1.54) is 0 Å². The van der Waals surface area contributed by atoms with Crippen molar-refractivity contribution >= 4 is 11.6 Å². The molecule has 3 N–H and O–H groups in total. The summed E-state index contributed by atoms with van der Waals surface area (Å²) >= 11 is 0. The monoisotopic (exact) mass is 304 g/mol. The second-order valence-electron chi connectivity index (χ2n) is 4.77. The Balaban J connectivity index is 2.06. The Morgan fingerprint density at radius 2 is 2.23 bits per heavy atom. The van der Waals surface area contributed by atoms with E-state index in [0.29, 0.717) is 23.8 Å². The van der Waals surface area contributed by atoms with Gasteiger partial charge in [0.25, 0.3) is 5.91 Å². The van der Waals surface area contributed by atoms with Crippen LogP contribution in [0.5, 0.6) is 0 Å². The number of amides is 1. The standard InChI is InChI=1S/C15H20N4O3/c1-3-13-18-14(22-19-13)9-17-12-6-4-5-11(10(12)2)15(21)16-7-8-20/h4-6,17,20H,3,7-9H2,1-2H3,(H,16,21). The number of rotatable bonds is 7. The maximum absolute atomic E-state index is 12.0. The number of benzene rings is 1. The molecule has 1 aromatic heterocycles. The number of nitrogens with one attached hydrogen (secondary N) is 2. The zero-order valence-corrected chi connectivity index (χ0v) is 12.7. The summed E-state index contributed by atoms with van der Waals surface area (Å²) in [5.74, 6) is 0.971. The second kappa shape index (κ2) is 7.56. The van der Waals surface area contributed by atoms with Crippen LogP contribution in [0.3, 0.4) is 0 Å². The Morgan fingerprint density at radius 1 is 1.41 bits per heavy atom. The van der Waals surface area contributed by atoms with Gasteiger partial charge in [-0.2, -0.15) is 4.98 Å². The first-order valence-electron chi connectivity index (χ1n) is 7.19. The van der Waals surface area contributed by atoms with Crippen molar-refractivity contribution in [3.05, 3.63) is 41.0 Å². The van der Waals surface area contributed by atoms with E-state index in [4.69, 9.17) is 9.63 Å². The largest absolute Gasteiger partial charge is 0.395 e. The van der Waals surface area contributed by atoms with Crippen LogP contribution in [-0.4, -0.2) is 34.3 Å². The van der Waals surface area contributed by atoms with Crippen LogP contribution in [0.2, 0.25) is 0 Å². The average molecular weight is 304 g/mol. The Morgan fingerprint density at radius 3 is 2.91 bits per heavy atom. The summed E-state index contributed by atoms with van der Waals surface area (Å²) in [7, 11) is 0. The smallest absolute Gasteiger partial charge is 0.251 e. The number of carbonyl (C=O) groups is 1. The fourth-order valence-electron chi connectivity index (χ4n) is 2.01. The lowest BCUT2D eigenvalue weighted by Crippen LogP contribution is -2.27. The van der Waals surface area contributed by atoms with E-state index in [1.807, 2.05) is 19.9 Å². The van der Waals surface area contributed by atoms with Gasteiger partial charge in [-0.25, -0.2) is 0 Å². The average Bonchev–Trinajstić information content (AvgIpc) is 2.99. The van der Waals surface area contributed by atoms with E-state index >= 15 is 0 Å². The molecule has 0 fully saturated rings. The summed E-state index contributed by atoms with van der Waals surface area (Å²) in [6.45, 7) is 4.37. The van der Waals surface area contributed by atoms with Crippen LogP contribution in [0, 0.1) is 6.92 Å². The Labute approximate surface area is 128 Å². The normalized spacial score (nSPS) is 10.5. The lowest BCUT2D eigenvalue weighted by atomic mass is 10.1. The van der Waals surface area contributed by atoms with E-state index in [1.54, 1.807) is 12.1 Å². The third-order valence-corrected chi connectivity index (χ3v) is 3.23. The van der Waals surface area contributed by atoms with Crippen molar-refractivity contribution in [2.75, 3.05) is 18.5 Å². The number of hydrogen-bond acceptors (Lipinski definition) is 6. The highest BCUT2D eigenvalue weighted by Crippen LogP contribution is 2.19. The van der Waals surface area contributed by atoms with E-state index in [2.05, 4.69) is 20.8 Å². The first-order valence-corrected chi connectivity index (χ1v) is 7.19. The van der Waals surface area contributed by atoms with Gasteiger partial charge in [0.15, 0.2) is 5.82 Å². The highest BCUT2D eigenvalue weighted by molar-refractivity contribution is 5.97. The van der Waals surface area contributed by atoms with E-state index < -0.39 is 0 Å². The SMILES string of the molecule is CCc1noc(CNc2cccc(C(=O)NCCO)c2C)n1. The number of aliphatic hydroxyl groups excluding tert-OH is 1. The number of aromatic nitrogens is 2. The highest BCUT2D eigenvalue weighted by Gasteiger charge is 2.12. The zero-order valence-electron chi connectivity index (χ0n) is 12.7. The molecule has 1 aromatic carbocycles. The van der Waals surface area contributed by atoms with Crippen molar-refractivity contribution in [2.45, 2.75) is 26.8 Å². The first-order chi connectivity index (χ1) is 10.7. The van der Waals surface area contributed by atoms with Crippen LogP contribution >= 0.6 is 0 Å². The van der Waals surface area contributed by atoms with Crippen molar-refractivity contribution in [3.63, 3.8) is 0 Å². The van der Waals surface area contributed by atoms with Crippen molar-refractivity contribution in [1.29, 1.82) is 0 Å². The lowest BCUT2D eigenvalue weighted by molar-refractivity contribution is 0.0944. The van der Waals surface area contributed by atoms with Crippen LogP contribution in [0.25, 0.3) is 0 Å². The van der Waals surface area contributed by atoms with E-state index in [-0.39, 0.29) is 19.1 Å². The predicted molar refractivity (Wildman–Crippen MR) is 81.6 cm³/mol. The molecule has 0 saturated carbocycles. The summed E-state index contributed by atoms with van der Waals surface area (Å²) in [4.78, 5) is 16.2. The molecular formula is C15H20N4O3. The fourth-order valence-corrected chi connectivity index (χ4v) is 2.01. The number of anilines is 1. The van der Waals surface area contributed by atoms with Crippen molar-refractivity contribution < 1.29 is 14.4 Å². The topological polar surface area (TPSA) is 100 Å². The van der Waals surface area contributed by atoms with Gasteiger partial charge in [0.05, 0.1) is 13.2 Å². The molecule has 1 amide bonds. The van der Waals surface area contributed by atoms with Crippen LogP contribution in [0.15, 0.2) is 22.7 Å². The second-order valence-corrected chi connectivity index (χ2v) is 4.77. The Hall–Kier alpha value is -2.41. The van der Waals surface area contributed by atoms with Crippen molar-refractivity contribution in [3.8, 4) is 0 Å². The van der Waals surface area contributed by atoms with Gasteiger partial charge in [-0.1, -0.05) is 18.1 Å². The van der Waals surface area contributed by atoms with Gasteiger partial charge in [-0.05, 0) is 24.6 Å². The molecule has 0 saturated heterocycles. The molecule has 0 spiro atoms. The minimum atomic E-state index is -0.207. The molecule has 0 radical (unpaired) electrons. The van der Waals surface area contributed by atoms with Crippen LogP contribution < -0.4 is 10.6 Å². The minimum absolute atomic E-state index is 0.0837. The molecule has 2 rings (SSSR count). The van der Waals surface area contributed by atoms with E-state index in [0.717, 1.165) is 17.7 Å². The Kier molecular flexibility index (Phi) is 5.48. The van der Waals surface area contributed by atoms with Crippen molar-refractivity contribution in [1.82, 2.24) is 15.5 Å². The van der Waals surface area contributed by atoms with Crippen molar-refractivity contribution in [2.24, 2.45) is 0 Å². The van der Waals surface area contributed by atoms with Gasteiger partial charge in [0.1, 0.15) is 0 Å². The lowest BCUT2D eigenvalue weighted by Gasteiger charge is -2.12. The fraction of sp³-hybridized carbons (Fsp3) is 0.400. The molecule has 0 aliphatic carbocycles. The molecule has 7 heteroatoms. The minimum Gasteiger partial charge on any atom is -0.395 e. The van der Waals surface area contributed by atoms with E-state index in [9.17, 15) is 4.79 Å². The van der Waals surface area contributed by atoms with Gasteiger partial charge in [0, 0.05) is 24.2 Å². The molecule has 0 bridgehead atoms. The molecule has 0 unspecified atom stereocenters. The maximum Gasteiger partial charge on any atom is 0.251 e. The molecular weight excluding hydrogens is 284 g/mol. The quantitative estimate of drug-likeness (QED) is 0.712. The summed E-state index contributed by atoms with van der Waals surface area (Å²) in [5, 5.41) is 18.4. The summed E-state index contributed by atoms with van der Waals surface area (Å²) in [6, 6.07) is 5.43. The first kappa shape index (κ1) is 16.0. The molecule has 0 aliphatic heterocycles. The Bertz CT molecular complexity index is 639. The van der Waals surface area contributed by atoms with Crippen LogP contribution in [0.1, 0.15) is 34.6 Å². The molecule has 7 nitrogen and oxygen atoms in total. The third kappa shape index (κ3) is 3.82. The highest BCUT2D eigenvalue weighted by atomic mass is 16.5. The van der Waals surface area contributed by atoms with Gasteiger partial charge < -0.3 is 20.3 Å². The molecule has 22 heavy (non-hydrogen) atoms. The maximum atomic E-state index is 12.0. The van der Waals surface area contributed by atoms with Gasteiger partial charge in [-0.3, -0.25) is 4.79 Å². The zero-order chi connectivity index (χ0) is 15.9. The predicted octanol–water partition coefficient (Wildman–Crippen LogP) is 1.27. The van der Waals surface area contributed by atoms with Gasteiger partial charge in [-0.15, -0.1) is 0 Å². The number of nitrogens with zero attached hydrogens (tertiary/aromatic N) is 2. The number of hydrogen-bond donors (Lipinski definition) is 3. The van der Waals surface area contributed by atoms with Crippen LogP contribution in [0.4, 0.5) is 5.69 Å². The molecule has 2 aromatic rings. The molecule has 118 valence electrons. The summed E-state index contributed by atoms with van der Waals surface area (Å²) in [6.07, 6.45) is 0.725. The van der Waals surface area contributed by atoms with Crippen LogP contribution in [-0.2, 0) is 13.0 Å². The van der Waals surface area contributed by atoms with Gasteiger partial charge >= 0.3 is 0 Å². The number of aryl methyl sites for hydroxylation is 1.